The highest BCUT2D eigenvalue weighted by Gasteiger charge is 2.13. The Morgan fingerprint density at radius 2 is 2.05 bits per heavy atom. The Morgan fingerprint density at radius 1 is 1.35 bits per heavy atom. The van der Waals surface area contributed by atoms with Gasteiger partial charge >= 0.3 is 12.0 Å². The van der Waals surface area contributed by atoms with Crippen LogP contribution in [0.15, 0.2) is 24.3 Å². The molecule has 0 bridgehead atoms. The topological polar surface area (TPSA) is 108 Å². The molecule has 0 aliphatic carbocycles. The summed E-state index contributed by atoms with van der Waals surface area (Å²) in [7, 11) is 0. The fraction of sp³-hybridized carbons (Fsp3) is 0.385. The van der Waals surface area contributed by atoms with E-state index < -0.39 is 18.1 Å². The van der Waals surface area contributed by atoms with E-state index >= 15 is 0 Å². The van der Waals surface area contributed by atoms with Gasteiger partial charge in [-0.1, -0.05) is 12.1 Å². The number of carboxylic acid groups (broad SMARTS) is 1. The first-order chi connectivity index (χ1) is 9.54. The van der Waals surface area contributed by atoms with Crippen LogP contribution in [0.5, 0.6) is 5.75 Å². The zero-order valence-corrected chi connectivity index (χ0v) is 11.1. The summed E-state index contributed by atoms with van der Waals surface area (Å²) < 4.78 is 5.35. The predicted octanol–water partition coefficient (Wildman–Crippen LogP) is 1.04. The van der Waals surface area contributed by atoms with Crippen LogP contribution in [0.2, 0.25) is 0 Å². The number of urea groups is 1. The SMILES string of the molecule is CCOc1ccccc1NC(=O)NCCC(O)C(=O)O. The number of benzene rings is 1. The van der Waals surface area contributed by atoms with Crippen LogP contribution in [-0.4, -0.2) is 41.5 Å². The van der Waals surface area contributed by atoms with Gasteiger partial charge in [0, 0.05) is 13.0 Å². The molecular weight excluding hydrogens is 264 g/mol. The van der Waals surface area contributed by atoms with Gasteiger partial charge in [-0.2, -0.15) is 0 Å². The lowest BCUT2D eigenvalue weighted by molar-refractivity contribution is -0.146. The van der Waals surface area contributed by atoms with Crippen molar-refractivity contribution >= 4 is 17.7 Å². The second-order valence-corrected chi connectivity index (χ2v) is 3.95. The molecule has 20 heavy (non-hydrogen) atoms. The molecule has 0 aliphatic rings. The Labute approximate surface area is 116 Å². The van der Waals surface area contributed by atoms with Gasteiger partial charge in [0.05, 0.1) is 12.3 Å². The Morgan fingerprint density at radius 3 is 2.70 bits per heavy atom. The third-order valence-corrected chi connectivity index (χ3v) is 2.42. The maximum atomic E-state index is 11.6. The molecule has 0 saturated heterocycles. The monoisotopic (exact) mass is 282 g/mol. The maximum Gasteiger partial charge on any atom is 0.332 e. The van der Waals surface area contributed by atoms with Crippen LogP contribution in [0.3, 0.4) is 0 Å². The zero-order valence-electron chi connectivity index (χ0n) is 11.1. The van der Waals surface area contributed by atoms with Gasteiger partial charge in [0.2, 0.25) is 0 Å². The number of carbonyl (C=O) groups excluding carboxylic acids is 1. The number of rotatable bonds is 7. The van der Waals surface area contributed by atoms with Gasteiger partial charge in [0.25, 0.3) is 0 Å². The number of hydrogen-bond acceptors (Lipinski definition) is 4. The smallest absolute Gasteiger partial charge is 0.332 e. The quantitative estimate of drug-likeness (QED) is 0.597. The summed E-state index contributed by atoms with van der Waals surface area (Å²) in [6.07, 6.45) is -1.54. The molecule has 0 aromatic heterocycles. The van der Waals surface area contributed by atoms with Crippen LogP contribution in [0.25, 0.3) is 0 Å². The van der Waals surface area contributed by atoms with E-state index in [2.05, 4.69) is 10.6 Å². The Kier molecular flexibility index (Phi) is 6.31. The molecule has 0 fully saturated rings. The summed E-state index contributed by atoms with van der Waals surface area (Å²) in [5.74, 6) is -0.760. The van der Waals surface area contributed by atoms with Crippen molar-refractivity contribution in [3.8, 4) is 5.75 Å². The molecule has 0 aliphatic heterocycles. The van der Waals surface area contributed by atoms with E-state index in [1.165, 1.54) is 0 Å². The lowest BCUT2D eigenvalue weighted by Crippen LogP contribution is -2.33. The van der Waals surface area contributed by atoms with Crippen LogP contribution in [0.4, 0.5) is 10.5 Å². The van der Waals surface area contributed by atoms with Crippen molar-refractivity contribution in [3.63, 3.8) is 0 Å². The van der Waals surface area contributed by atoms with Crippen molar-refractivity contribution in [2.45, 2.75) is 19.4 Å². The predicted molar refractivity (Wildman–Crippen MR) is 72.9 cm³/mol. The summed E-state index contributed by atoms with van der Waals surface area (Å²) in [6, 6.07) is 6.47. The standard InChI is InChI=1S/C13H18N2O5/c1-2-20-11-6-4-3-5-9(11)15-13(19)14-8-7-10(16)12(17)18/h3-6,10,16H,2,7-8H2,1H3,(H,17,18)(H2,14,15,19). The number of aliphatic hydroxyl groups is 1. The molecule has 1 atom stereocenters. The molecule has 7 heteroatoms. The minimum absolute atomic E-state index is 0.0517. The number of para-hydroxylation sites is 2. The van der Waals surface area contributed by atoms with Gasteiger partial charge in [-0.15, -0.1) is 0 Å². The van der Waals surface area contributed by atoms with E-state index in [1.807, 2.05) is 6.92 Å². The first-order valence-electron chi connectivity index (χ1n) is 6.22. The summed E-state index contributed by atoms with van der Waals surface area (Å²) in [6.45, 7) is 2.37. The molecule has 0 heterocycles. The molecule has 1 aromatic carbocycles. The number of hydrogen-bond donors (Lipinski definition) is 4. The highest BCUT2D eigenvalue weighted by Crippen LogP contribution is 2.23. The second-order valence-electron chi connectivity index (χ2n) is 3.95. The van der Waals surface area contributed by atoms with Gasteiger partial charge in [-0.05, 0) is 19.1 Å². The number of carboxylic acids is 1. The van der Waals surface area contributed by atoms with Gasteiger partial charge in [-0.3, -0.25) is 0 Å². The lowest BCUT2D eigenvalue weighted by Gasteiger charge is -2.12. The van der Waals surface area contributed by atoms with E-state index in [0.29, 0.717) is 18.0 Å². The molecule has 4 N–H and O–H groups in total. The minimum atomic E-state index is -1.48. The Hall–Kier alpha value is -2.28. The van der Waals surface area contributed by atoms with Crippen LogP contribution in [-0.2, 0) is 4.79 Å². The molecule has 0 saturated carbocycles. The molecule has 0 radical (unpaired) electrons. The minimum Gasteiger partial charge on any atom is -0.492 e. The molecular formula is C13H18N2O5. The number of nitrogens with one attached hydrogen (secondary N) is 2. The highest BCUT2D eigenvalue weighted by atomic mass is 16.5. The van der Waals surface area contributed by atoms with E-state index in [9.17, 15) is 9.59 Å². The van der Waals surface area contributed by atoms with Crippen molar-refractivity contribution < 1.29 is 24.5 Å². The summed E-state index contributed by atoms with van der Waals surface area (Å²) >= 11 is 0. The zero-order chi connectivity index (χ0) is 15.0. The van der Waals surface area contributed by atoms with Crippen molar-refractivity contribution in [1.82, 2.24) is 5.32 Å². The molecule has 0 spiro atoms. The second kappa shape index (κ2) is 8.00. The van der Waals surface area contributed by atoms with Gasteiger partial charge in [-0.25, -0.2) is 9.59 Å². The van der Waals surface area contributed by atoms with Crippen LogP contribution in [0.1, 0.15) is 13.3 Å². The highest BCUT2D eigenvalue weighted by molar-refractivity contribution is 5.90. The first kappa shape index (κ1) is 15.8. The summed E-state index contributed by atoms with van der Waals surface area (Å²) in [4.78, 5) is 22.0. The number of aliphatic hydroxyl groups excluding tert-OH is 1. The summed E-state index contributed by atoms with van der Waals surface area (Å²) in [5, 5.41) is 22.6. The van der Waals surface area contributed by atoms with Crippen LogP contribution >= 0.6 is 0 Å². The van der Waals surface area contributed by atoms with Crippen LogP contribution < -0.4 is 15.4 Å². The summed E-state index contributed by atoms with van der Waals surface area (Å²) in [5.41, 5.74) is 0.519. The Bertz CT molecular complexity index is 464. The largest absolute Gasteiger partial charge is 0.492 e. The van der Waals surface area contributed by atoms with Gasteiger partial charge < -0.3 is 25.6 Å². The van der Waals surface area contributed by atoms with E-state index in [-0.39, 0.29) is 13.0 Å². The number of amides is 2. The first-order valence-corrected chi connectivity index (χ1v) is 6.22. The number of carbonyl (C=O) groups is 2. The van der Waals surface area contributed by atoms with Crippen molar-refractivity contribution in [2.24, 2.45) is 0 Å². The van der Waals surface area contributed by atoms with E-state index in [1.54, 1.807) is 24.3 Å². The normalized spacial score (nSPS) is 11.5. The Balaban J connectivity index is 2.44. The maximum absolute atomic E-state index is 11.6. The molecule has 1 rings (SSSR count). The van der Waals surface area contributed by atoms with Gasteiger partial charge in [0.15, 0.2) is 6.10 Å². The molecule has 1 aromatic rings. The van der Waals surface area contributed by atoms with Crippen LogP contribution in [0, 0.1) is 0 Å². The number of aliphatic carboxylic acids is 1. The molecule has 7 nitrogen and oxygen atoms in total. The third kappa shape index (κ3) is 5.15. The number of ether oxygens (including phenoxy) is 1. The fourth-order valence-electron chi connectivity index (χ4n) is 1.46. The van der Waals surface area contributed by atoms with Gasteiger partial charge in [0.1, 0.15) is 5.75 Å². The van der Waals surface area contributed by atoms with E-state index in [0.717, 1.165) is 0 Å². The third-order valence-electron chi connectivity index (χ3n) is 2.42. The fourth-order valence-corrected chi connectivity index (χ4v) is 1.46. The lowest BCUT2D eigenvalue weighted by atomic mass is 10.2. The van der Waals surface area contributed by atoms with E-state index in [4.69, 9.17) is 14.9 Å². The average Bonchev–Trinajstić information content (AvgIpc) is 2.41. The molecule has 110 valence electrons. The molecule has 2 amide bonds. The number of anilines is 1. The molecule has 1 unspecified atom stereocenters. The average molecular weight is 282 g/mol. The van der Waals surface area contributed by atoms with Crippen molar-refractivity contribution in [2.75, 3.05) is 18.5 Å². The van der Waals surface area contributed by atoms with Crippen molar-refractivity contribution in [1.29, 1.82) is 0 Å². The van der Waals surface area contributed by atoms with Crippen molar-refractivity contribution in [3.05, 3.63) is 24.3 Å².